The monoisotopic (exact) mass is 544 g/mol. The molecule has 0 fully saturated rings. The third kappa shape index (κ3) is 19.0. The van der Waals surface area contributed by atoms with Gasteiger partial charge < -0.3 is 40.2 Å². The summed E-state index contributed by atoms with van der Waals surface area (Å²) in [6.45, 7) is 5.80. The van der Waals surface area contributed by atoms with Crippen LogP contribution in [0.3, 0.4) is 0 Å². The average Bonchev–Trinajstić information content (AvgIpc) is 2.90. The first-order valence-electron chi connectivity index (χ1n) is 12.2. The molecule has 0 aliphatic heterocycles. The number of hydrogen-bond acceptors (Lipinski definition) is 10. The highest BCUT2D eigenvalue weighted by atomic mass is 16.5. The van der Waals surface area contributed by atoms with Crippen LogP contribution in [-0.2, 0) is 33.3 Å². The van der Waals surface area contributed by atoms with Crippen molar-refractivity contribution in [1.82, 2.24) is 15.5 Å². The molecule has 0 aliphatic carbocycles. The second kappa shape index (κ2) is 24.2. The first-order valence-corrected chi connectivity index (χ1v) is 12.2. The van der Waals surface area contributed by atoms with Crippen molar-refractivity contribution in [2.45, 2.75) is 19.9 Å². The van der Waals surface area contributed by atoms with Crippen molar-refractivity contribution in [3.63, 3.8) is 0 Å². The molecule has 216 valence electrons. The Morgan fingerprint density at radius 1 is 0.868 bits per heavy atom. The molecule has 17 heteroatoms. The molecule has 0 bridgehead atoms. The van der Waals surface area contributed by atoms with Gasteiger partial charge in [-0.05, 0) is 17.0 Å². The summed E-state index contributed by atoms with van der Waals surface area (Å²) in [6.07, 6.45) is 0. The lowest BCUT2D eigenvalue weighted by atomic mass is 10.0. The number of nitrogens with one attached hydrogen (secondary N) is 2. The van der Waals surface area contributed by atoms with Crippen molar-refractivity contribution in [2.75, 3.05) is 92.1 Å². The summed E-state index contributed by atoms with van der Waals surface area (Å²) in [6, 6.07) is -0.867. The zero-order valence-corrected chi connectivity index (χ0v) is 22.1. The molecule has 0 radical (unpaired) electrons. The molecular formula is C21H40N10O7. The molecular weight excluding hydrogens is 504 g/mol. The summed E-state index contributed by atoms with van der Waals surface area (Å²) in [5.41, 5.74) is 21.9. The van der Waals surface area contributed by atoms with Crippen LogP contribution in [0.15, 0.2) is 10.2 Å². The molecule has 0 rings (SSSR count). The van der Waals surface area contributed by atoms with Crippen molar-refractivity contribution >= 4 is 17.7 Å². The molecule has 0 unspecified atom stereocenters. The van der Waals surface area contributed by atoms with E-state index in [1.165, 1.54) is 4.90 Å². The largest absolute Gasteiger partial charge is 0.379 e. The number of carbonyl (C=O) groups is 3. The predicted molar refractivity (Wildman–Crippen MR) is 137 cm³/mol. The van der Waals surface area contributed by atoms with Gasteiger partial charge in [0.2, 0.25) is 17.7 Å². The maximum Gasteiger partial charge on any atom is 0.246 e. The fourth-order valence-electron chi connectivity index (χ4n) is 2.82. The molecule has 3 amide bonds. The third-order valence-corrected chi connectivity index (χ3v) is 4.71. The Morgan fingerprint density at radius 3 is 1.95 bits per heavy atom. The zero-order valence-electron chi connectivity index (χ0n) is 22.1. The fourth-order valence-corrected chi connectivity index (χ4v) is 2.82. The van der Waals surface area contributed by atoms with Crippen LogP contribution in [-0.4, -0.2) is 121 Å². The highest BCUT2D eigenvalue weighted by molar-refractivity contribution is 5.91. The molecule has 38 heavy (non-hydrogen) atoms. The van der Waals surface area contributed by atoms with E-state index in [-0.39, 0.29) is 84.2 Å². The molecule has 0 aromatic carbocycles. The van der Waals surface area contributed by atoms with Crippen LogP contribution in [0, 0.1) is 5.92 Å². The Bertz CT molecular complexity index is 745. The molecule has 4 N–H and O–H groups in total. The molecule has 0 aliphatic rings. The van der Waals surface area contributed by atoms with Crippen LogP contribution >= 0.6 is 0 Å². The summed E-state index contributed by atoms with van der Waals surface area (Å²) >= 11 is 0. The van der Waals surface area contributed by atoms with Crippen LogP contribution in [0.1, 0.15) is 13.8 Å². The first-order chi connectivity index (χ1) is 18.4. The summed E-state index contributed by atoms with van der Waals surface area (Å²) in [4.78, 5) is 44.4. The summed E-state index contributed by atoms with van der Waals surface area (Å²) in [5.74, 6) is -1.61. The second-order valence-corrected chi connectivity index (χ2v) is 7.98. The second-order valence-electron chi connectivity index (χ2n) is 7.98. The molecule has 0 saturated heterocycles. The zero-order chi connectivity index (χ0) is 28.4. The lowest BCUT2D eigenvalue weighted by Gasteiger charge is -2.25. The maximum absolute atomic E-state index is 12.8. The Kier molecular flexibility index (Phi) is 22.2. The number of rotatable bonds is 24. The first kappa shape index (κ1) is 34.8. The molecule has 0 spiro atoms. The van der Waals surface area contributed by atoms with Gasteiger partial charge in [0.05, 0.1) is 52.8 Å². The van der Waals surface area contributed by atoms with Crippen LogP contribution in [0.5, 0.6) is 0 Å². The van der Waals surface area contributed by atoms with Gasteiger partial charge in [-0.2, -0.15) is 0 Å². The SMILES string of the molecule is CC(C)[C@H](NC(=O)COCCOCCN)C(=O)NCC(=O)N(CCOCCN=[N+]=[N-])CCOCCN=[N+]=[N-]. The van der Waals surface area contributed by atoms with Gasteiger partial charge in [-0.15, -0.1) is 0 Å². The van der Waals surface area contributed by atoms with Crippen molar-refractivity contribution in [1.29, 1.82) is 0 Å². The van der Waals surface area contributed by atoms with E-state index < -0.39 is 17.9 Å². The van der Waals surface area contributed by atoms with Gasteiger partial charge in [0.1, 0.15) is 12.6 Å². The van der Waals surface area contributed by atoms with Gasteiger partial charge in [0.25, 0.3) is 0 Å². The van der Waals surface area contributed by atoms with Gasteiger partial charge in [0, 0.05) is 42.5 Å². The lowest BCUT2D eigenvalue weighted by Crippen LogP contribution is -2.52. The topological polar surface area (TPSA) is 239 Å². The van der Waals surface area contributed by atoms with Crippen molar-refractivity contribution in [3.8, 4) is 0 Å². The number of nitrogens with zero attached hydrogens (tertiary/aromatic N) is 7. The minimum absolute atomic E-state index is 0.165. The molecule has 0 aromatic heterocycles. The Balaban J connectivity index is 4.72. The van der Waals surface area contributed by atoms with Crippen LogP contribution in [0.25, 0.3) is 20.9 Å². The summed E-state index contributed by atoms with van der Waals surface area (Å²) in [7, 11) is 0. The average molecular weight is 545 g/mol. The van der Waals surface area contributed by atoms with E-state index in [0.717, 1.165) is 0 Å². The Morgan fingerprint density at radius 2 is 1.42 bits per heavy atom. The Labute approximate surface area is 221 Å². The van der Waals surface area contributed by atoms with Gasteiger partial charge in [-0.25, -0.2) is 0 Å². The summed E-state index contributed by atoms with van der Waals surface area (Å²) < 4.78 is 21.1. The van der Waals surface area contributed by atoms with E-state index in [9.17, 15) is 14.4 Å². The van der Waals surface area contributed by atoms with E-state index in [1.54, 1.807) is 13.8 Å². The van der Waals surface area contributed by atoms with Crippen LogP contribution < -0.4 is 16.4 Å². The number of nitrogens with two attached hydrogens (primary N) is 1. The molecule has 0 heterocycles. The Hall–Kier alpha value is -3.17. The van der Waals surface area contributed by atoms with E-state index in [1.807, 2.05) is 0 Å². The third-order valence-electron chi connectivity index (χ3n) is 4.71. The van der Waals surface area contributed by atoms with Crippen molar-refractivity contribution in [3.05, 3.63) is 20.9 Å². The van der Waals surface area contributed by atoms with Crippen LogP contribution in [0.2, 0.25) is 0 Å². The highest BCUT2D eigenvalue weighted by Crippen LogP contribution is 2.02. The smallest absolute Gasteiger partial charge is 0.246 e. The molecule has 0 aromatic rings. The lowest BCUT2D eigenvalue weighted by molar-refractivity contribution is -0.136. The maximum atomic E-state index is 12.8. The molecule has 17 nitrogen and oxygen atoms in total. The molecule has 0 saturated carbocycles. The quantitative estimate of drug-likeness (QED) is 0.0630. The van der Waals surface area contributed by atoms with Crippen molar-refractivity contribution in [2.24, 2.45) is 21.9 Å². The molecule has 1 atom stereocenters. The predicted octanol–water partition coefficient (Wildman–Crippen LogP) is -0.282. The van der Waals surface area contributed by atoms with E-state index in [4.69, 9.17) is 35.7 Å². The standard InChI is InChI=1S/C21H40N10O7/c1-17(2)20(28-18(32)16-38-14-13-35-8-3-22)21(34)25-15-19(33)31(6-11-36-9-4-26-29-23)7-12-37-10-5-27-30-24/h17,20H,3-16,22H2,1-2H3,(H,25,34)(H,28,32)/t20-/m0/s1. The number of hydrogen-bond donors (Lipinski definition) is 3. The number of carbonyl (C=O) groups excluding carboxylic acids is 3. The van der Waals surface area contributed by atoms with E-state index in [0.29, 0.717) is 19.8 Å². The van der Waals surface area contributed by atoms with Gasteiger partial charge in [-0.3, -0.25) is 14.4 Å². The number of azide groups is 2. The normalized spacial score (nSPS) is 11.3. The van der Waals surface area contributed by atoms with Gasteiger partial charge in [-0.1, -0.05) is 24.1 Å². The number of amides is 3. The summed E-state index contributed by atoms with van der Waals surface area (Å²) in [5, 5.41) is 11.9. The van der Waals surface area contributed by atoms with Crippen LogP contribution in [0.4, 0.5) is 0 Å². The van der Waals surface area contributed by atoms with E-state index >= 15 is 0 Å². The highest BCUT2D eigenvalue weighted by Gasteiger charge is 2.25. The van der Waals surface area contributed by atoms with E-state index in [2.05, 4.69) is 30.7 Å². The van der Waals surface area contributed by atoms with Gasteiger partial charge in [0.15, 0.2) is 0 Å². The number of ether oxygens (including phenoxy) is 4. The van der Waals surface area contributed by atoms with Gasteiger partial charge >= 0.3 is 0 Å². The minimum atomic E-state index is -0.867. The van der Waals surface area contributed by atoms with Crippen molar-refractivity contribution < 1.29 is 33.3 Å². The fraction of sp³-hybridized carbons (Fsp3) is 0.857. The minimum Gasteiger partial charge on any atom is -0.379 e.